The summed E-state index contributed by atoms with van der Waals surface area (Å²) >= 11 is 6.40. The summed E-state index contributed by atoms with van der Waals surface area (Å²) in [6.45, 7) is -6.25. The molecule has 0 atom stereocenters. The van der Waals surface area contributed by atoms with Gasteiger partial charge in [-0.25, -0.2) is 25.1 Å². The summed E-state index contributed by atoms with van der Waals surface area (Å²) in [5.41, 5.74) is 0.243. The van der Waals surface area contributed by atoms with Crippen molar-refractivity contribution >= 4 is 47.9 Å². The zero-order chi connectivity index (χ0) is 24.4. The summed E-state index contributed by atoms with van der Waals surface area (Å²) in [4.78, 5) is 15.2. The Labute approximate surface area is 189 Å². The highest BCUT2D eigenvalue weighted by molar-refractivity contribution is 9.10. The Balaban J connectivity index is 2.03. The number of nitrogens with two attached hydrogens (primary N) is 1. The molecule has 0 aliphatic rings. The molecule has 0 saturated carbocycles. The van der Waals surface area contributed by atoms with Crippen molar-refractivity contribution in [1.82, 2.24) is 19.9 Å². The van der Waals surface area contributed by atoms with Gasteiger partial charge in [-0.15, -0.1) is 0 Å². The maximum atomic E-state index is 11.6. The predicted molar refractivity (Wildman–Crippen MR) is 113 cm³/mol. The zero-order valence-electron chi connectivity index (χ0n) is 18.2. The molecule has 0 radical (unpaired) electrons. The lowest BCUT2D eigenvalue weighted by atomic mass is 10.1. The van der Waals surface area contributed by atoms with Gasteiger partial charge in [-0.05, 0) is 33.6 Å². The molecule has 0 aliphatic carbocycles. The van der Waals surface area contributed by atoms with Crippen LogP contribution in [0.15, 0.2) is 51.9 Å². The second kappa shape index (κ2) is 9.43. The van der Waals surface area contributed by atoms with Crippen molar-refractivity contribution in [2.75, 3.05) is 17.8 Å². The predicted octanol–water partition coefficient (Wildman–Crippen LogP) is 2.53. The number of benzene rings is 1. The summed E-state index contributed by atoms with van der Waals surface area (Å²) in [6, 6.07) is 5.94. The van der Waals surface area contributed by atoms with Crippen molar-refractivity contribution in [3.8, 4) is 23.0 Å². The minimum Gasteiger partial charge on any atom is -0.473 e. The molecule has 3 aromatic rings. The van der Waals surface area contributed by atoms with Gasteiger partial charge in [0.05, 0.1) is 15.5 Å². The fourth-order valence-corrected chi connectivity index (χ4v) is 2.92. The Hall–Kier alpha value is -2.35. The quantitative estimate of drug-likeness (QED) is 0.436. The molecule has 3 N–H and O–H groups in total. The van der Waals surface area contributed by atoms with E-state index in [0.29, 0.717) is 14.5 Å². The monoisotopic (exact) mass is 548 g/mol. The molecule has 2 aromatic heterocycles. The fourth-order valence-electron chi connectivity index (χ4n) is 2.02. The summed E-state index contributed by atoms with van der Waals surface area (Å²) in [5, 5.41) is 5.06. The minimum absolute atomic E-state index is 0.0846. The van der Waals surface area contributed by atoms with Crippen LogP contribution in [0.5, 0.6) is 11.9 Å². The van der Waals surface area contributed by atoms with E-state index >= 15 is 0 Å². The summed E-state index contributed by atoms with van der Waals surface area (Å²) in [5.74, 6) is -0.786. The second-order valence-corrected chi connectivity index (χ2v) is 8.27. The number of hydrogen-bond donors (Lipinski definition) is 2. The van der Waals surface area contributed by atoms with Crippen LogP contribution in [0.4, 0.5) is 5.82 Å². The fraction of sp³-hybridized carbons (Fsp3) is 0.125. The van der Waals surface area contributed by atoms with E-state index in [2.05, 4.69) is 51.8 Å². The Morgan fingerprint density at radius 2 is 1.66 bits per heavy atom. The van der Waals surface area contributed by atoms with Gasteiger partial charge in [0.15, 0.2) is 5.82 Å². The summed E-state index contributed by atoms with van der Waals surface area (Å²) in [7, 11) is -4.27. The van der Waals surface area contributed by atoms with Gasteiger partial charge in [-0.3, -0.25) is 4.72 Å². The molecule has 0 aliphatic heterocycles. The molecule has 0 fully saturated rings. The first-order valence-corrected chi connectivity index (χ1v) is 10.7. The first-order valence-electron chi connectivity index (χ1n) is 9.54. The van der Waals surface area contributed by atoms with Crippen molar-refractivity contribution < 1.29 is 23.4 Å². The van der Waals surface area contributed by atoms with Gasteiger partial charge in [0.2, 0.25) is 5.88 Å². The van der Waals surface area contributed by atoms with Crippen LogP contribution in [0, 0.1) is 0 Å². The van der Waals surface area contributed by atoms with Gasteiger partial charge >= 0.3 is 6.01 Å². The largest absolute Gasteiger partial charge is 0.473 e. The first-order chi connectivity index (χ1) is 15.3. The molecule has 10 nitrogen and oxygen atoms in total. The van der Waals surface area contributed by atoms with E-state index in [4.69, 9.17) is 20.1 Å². The standard InChI is InChI=1S/C16H14Br2N6O4S/c17-11-3-1-10(2-4-11)13-14(24-29(19,25)26)22-9-23-15(13)27-5-6-28-16-20-7-12(18)8-21-16/h1-4,7-9H,5-6H2,(H2,19,25,26)(H,22,23,24)/i5D2,6D2. The number of ether oxygens (including phenoxy) is 2. The number of hydrogen-bond acceptors (Lipinski definition) is 8. The molecule has 2 heterocycles. The molecule has 3 rings (SSSR count). The molecule has 152 valence electrons. The highest BCUT2D eigenvalue weighted by Gasteiger charge is 2.18. The molecule has 0 bridgehead atoms. The maximum Gasteiger partial charge on any atom is 0.316 e. The maximum absolute atomic E-state index is 11.6. The van der Waals surface area contributed by atoms with E-state index < -0.39 is 35.2 Å². The van der Waals surface area contributed by atoms with Crippen molar-refractivity contribution in [2.45, 2.75) is 0 Å². The molecule has 0 spiro atoms. The van der Waals surface area contributed by atoms with Crippen LogP contribution in [0.2, 0.25) is 0 Å². The Morgan fingerprint density at radius 3 is 2.31 bits per heavy atom. The van der Waals surface area contributed by atoms with Gasteiger partial charge in [-0.2, -0.15) is 8.42 Å². The van der Waals surface area contributed by atoms with E-state index in [0.717, 1.165) is 6.33 Å². The first kappa shape index (κ1) is 16.4. The summed E-state index contributed by atoms with van der Waals surface area (Å²) < 4.78 is 69.1. The number of nitrogens with zero attached hydrogens (tertiary/aromatic N) is 4. The smallest absolute Gasteiger partial charge is 0.316 e. The van der Waals surface area contributed by atoms with Crippen LogP contribution in [0.25, 0.3) is 11.1 Å². The van der Waals surface area contributed by atoms with Gasteiger partial charge in [-0.1, -0.05) is 28.1 Å². The number of aromatic nitrogens is 4. The van der Waals surface area contributed by atoms with E-state index in [1.807, 2.05) is 4.72 Å². The van der Waals surface area contributed by atoms with Crippen molar-refractivity contribution in [2.24, 2.45) is 5.14 Å². The molecule has 0 saturated heterocycles. The Bertz CT molecular complexity index is 1250. The lowest BCUT2D eigenvalue weighted by molar-refractivity contribution is 0.202. The average Bonchev–Trinajstić information content (AvgIpc) is 2.69. The van der Waals surface area contributed by atoms with Gasteiger partial charge in [0, 0.05) is 16.9 Å². The highest BCUT2D eigenvalue weighted by Crippen LogP contribution is 2.34. The second-order valence-electron chi connectivity index (χ2n) is 5.15. The van der Waals surface area contributed by atoms with Crippen LogP contribution in [-0.4, -0.2) is 41.5 Å². The number of halogens is 2. The molecule has 1 aromatic carbocycles. The van der Waals surface area contributed by atoms with Crippen LogP contribution in [0.3, 0.4) is 0 Å². The highest BCUT2D eigenvalue weighted by atomic mass is 79.9. The summed E-state index contributed by atoms with van der Waals surface area (Å²) in [6.07, 6.45) is 3.47. The third kappa shape index (κ3) is 6.32. The number of rotatable bonds is 8. The van der Waals surface area contributed by atoms with E-state index in [9.17, 15) is 8.42 Å². The molecule has 29 heavy (non-hydrogen) atoms. The van der Waals surface area contributed by atoms with Crippen molar-refractivity contribution in [3.05, 3.63) is 51.9 Å². The lowest BCUT2D eigenvalue weighted by Gasteiger charge is -2.14. The van der Waals surface area contributed by atoms with Crippen molar-refractivity contribution in [1.29, 1.82) is 0 Å². The van der Waals surface area contributed by atoms with Crippen LogP contribution >= 0.6 is 31.9 Å². The Kier molecular flexibility index (Phi) is 5.35. The van der Waals surface area contributed by atoms with Crippen molar-refractivity contribution in [3.63, 3.8) is 0 Å². The third-order valence-electron chi connectivity index (χ3n) is 3.11. The normalized spacial score (nSPS) is 14.2. The number of anilines is 1. The molecule has 0 amide bonds. The van der Waals surface area contributed by atoms with E-state index in [1.165, 1.54) is 12.4 Å². The lowest BCUT2D eigenvalue weighted by Crippen LogP contribution is -2.23. The molecular weight excluding hydrogens is 532 g/mol. The van der Waals surface area contributed by atoms with Gasteiger partial charge in [0.25, 0.3) is 10.2 Å². The third-order valence-corrected chi connectivity index (χ3v) is 4.53. The minimum atomic E-state index is -4.27. The Morgan fingerprint density at radius 1 is 1.00 bits per heavy atom. The van der Waals surface area contributed by atoms with Gasteiger partial charge in [0.1, 0.15) is 19.4 Å². The molecule has 0 unspecified atom stereocenters. The molecule has 13 heteroatoms. The van der Waals surface area contributed by atoms with E-state index in [-0.39, 0.29) is 11.4 Å². The SMILES string of the molecule is [2H]C([2H])(Oc1ncc(Br)cn1)C([2H])([2H])Oc1ncnc(NS(N)(=O)=O)c1-c1ccc(Br)cc1. The van der Waals surface area contributed by atoms with Crippen LogP contribution in [0.1, 0.15) is 5.48 Å². The molecular formula is C16H14Br2N6O4S. The topological polar surface area (TPSA) is 142 Å². The number of nitrogens with one attached hydrogen (secondary N) is 1. The average molecular weight is 550 g/mol. The van der Waals surface area contributed by atoms with Gasteiger partial charge < -0.3 is 9.47 Å². The van der Waals surface area contributed by atoms with Crippen LogP contribution < -0.4 is 19.3 Å². The van der Waals surface area contributed by atoms with Crippen LogP contribution in [-0.2, 0) is 10.2 Å². The zero-order valence-corrected chi connectivity index (χ0v) is 18.2. The van der Waals surface area contributed by atoms with E-state index in [1.54, 1.807) is 24.3 Å².